The van der Waals surface area contributed by atoms with Gasteiger partial charge in [-0.15, -0.1) is 0 Å². The second-order valence-electron chi connectivity index (χ2n) is 6.13. The second kappa shape index (κ2) is 7.46. The third-order valence-electron chi connectivity index (χ3n) is 3.87. The molecule has 1 heterocycles. The summed E-state index contributed by atoms with van der Waals surface area (Å²) >= 11 is 0. The maximum Gasteiger partial charge on any atom is 0.303 e. The summed E-state index contributed by atoms with van der Waals surface area (Å²) in [6.45, 7) is 6.95. The molecule has 0 bridgehead atoms. The smallest absolute Gasteiger partial charge is 0.303 e. The number of nitrogens with zero attached hydrogens (tertiary/aromatic N) is 1. The van der Waals surface area contributed by atoms with Crippen molar-refractivity contribution in [3.05, 3.63) is 29.8 Å². The van der Waals surface area contributed by atoms with Crippen LogP contribution < -0.4 is 4.74 Å². The Kier molecular flexibility index (Phi) is 5.62. The normalized spacial score (nSPS) is 17.1. The Morgan fingerprint density at radius 1 is 1.29 bits per heavy atom. The van der Waals surface area contributed by atoms with Crippen LogP contribution in [0.15, 0.2) is 24.3 Å². The van der Waals surface area contributed by atoms with E-state index in [9.17, 15) is 4.79 Å². The molecule has 0 atom stereocenters. The van der Waals surface area contributed by atoms with E-state index >= 15 is 0 Å². The number of ether oxygens (including phenoxy) is 1. The summed E-state index contributed by atoms with van der Waals surface area (Å²) in [5.74, 6) is 0.587. The van der Waals surface area contributed by atoms with E-state index < -0.39 is 5.97 Å². The van der Waals surface area contributed by atoms with E-state index in [0.717, 1.165) is 38.2 Å². The molecule has 0 unspecified atom stereocenters. The number of rotatable bonds is 6. The molecular weight excluding hydrogens is 266 g/mol. The number of aliphatic carboxylic acids is 1. The molecule has 1 aromatic rings. The highest BCUT2D eigenvalue weighted by molar-refractivity contribution is 5.67. The molecule has 0 amide bonds. The van der Waals surface area contributed by atoms with Gasteiger partial charge < -0.3 is 9.84 Å². The van der Waals surface area contributed by atoms with Gasteiger partial charge in [-0.05, 0) is 63.4 Å². The molecule has 1 aliphatic heterocycles. The number of piperidine rings is 1. The van der Waals surface area contributed by atoms with Crippen LogP contribution in [0.2, 0.25) is 0 Å². The third kappa shape index (κ3) is 5.38. The fourth-order valence-corrected chi connectivity index (χ4v) is 2.80. The molecule has 1 aliphatic rings. The lowest BCUT2D eigenvalue weighted by atomic mass is 9.93. The largest absolute Gasteiger partial charge is 0.491 e. The van der Waals surface area contributed by atoms with Crippen molar-refractivity contribution < 1.29 is 14.6 Å². The molecule has 116 valence electrons. The van der Waals surface area contributed by atoms with E-state index in [1.807, 2.05) is 26.0 Å². The number of likely N-dealkylation sites (tertiary alicyclic amines) is 1. The van der Waals surface area contributed by atoms with Crippen molar-refractivity contribution in [1.29, 1.82) is 0 Å². The van der Waals surface area contributed by atoms with E-state index in [1.54, 1.807) is 0 Å². The maximum atomic E-state index is 10.7. The fraction of sp³-hybridized carbons (Fsp3) is 0.588. The van der Waals surface area contributed by atoms with Gasteiger partial charge in [-0.2, -0.15) is 0 Å². The van der Waals surface area contributed by atoms with Gasteiger partial charge in [-0.25, -0.2) is 0 Å². The summed E-state index contributed by atoms with van der Waals surface area (Å²) in [7, 11) is 0. The molecule has 2 rings (SSSR count). The van der Waals surface area contributed by atoms with Crippen LogP contribution >= 0.6 is 0 Å². The minimum absolute atomic E-state index is 0.198. The maximum absolute atomic E-state index is 10.7. The molecule has 4 heteroatoms. The summed E-state index contributed by atoms with van der Waals surface area (Å²) in [5, 5.41) is 8.83. The molecule has 0 aromatic heterocycles. The first kappa shape index (κ1) is 15.8. The average molecular weight is 291 g/mol. The van der Waals surface area contributed by atoms with Crippen LogP contribution in [0.1, 0.15) is 38.7 Å². The Labute approximate surface area is 126 Å². The van der Waals surface area contributed by atoms with Gasteiger partial charge in [0.15, 0.2) is 0 Å². The summed E-state index contributed by atoms with van der Waals surface area (Å²) in [4.78, 5) is 13.1. The molecule has 0 spiro atoms. The van der Waals surface area contributed by atoms with Gasteiger partial charge in [0.05, 0.1) is 6.10 Å². The van der Waals surface area contributed by atoms with Gasteiger partial charge >= 0.3 is 5.97 Å². The zero-order valence-electron chi connectivity index (χ0n) is 12.9. The second-order valence-corrected chi connectivity index (χ2v) is 6.13. The summed E-state index contributed by atoms with van der Waals surface area (Å²) < 4.78 is 5.64. The van der Waals surface area contributed by atoms with Crippen LogP contribution in [-0.4, -0.2) is 35.2 Å². The van der Waals surface area contributed by atoms with E-state index in [1.165, 1.54) is 5.56 Å². The molecular formula is C17H25NO3. The molecule has 1 N–H and O–H groups in total. The van der Waals surface area contributed by atoms with Gasteiger partial charge in [-0.3, -0.25) is 9.69 Å². The summed E-state index contributed by atoms with van der Waals surface area (Å²) in [6.07, 6.45) is 2.49. The molecule has 1 aromatic carbocycles. The lowest BCUT2D eigenvalue weighted by molar-refractivity contribution is -0.138. The summed E-state index contributed by atoms with van der Waals surface area (Å²) in [6, 6.07) is 8.27. The Morgan fingerprint density at radius 2 is 1.90 bits per heavy atom. The predicted molar refractivity (Wildman–Crippen MR) is 82.5 cm³/mol. The van der Waals surface area contributed by atoms with Gasteiger partial charge in [0.2, 0.25) is 0 Å². The van der Waals surface area contributed by atoms with Crippen LogP contribution in [0, 0.1) is 5.92 Å². The van der Waals surface area contributed by atoms with E-state index in [4.69, 9.17) is 9.84 Å². The molecule has 21 heavy (non-hydrogen) atoms. The zero-order chi connectivity index (χ0) is 15.2. The van der Waals surface area contributed by atoms with Crippen LogP contribution in [0.5, 0.6) is 5.75 Å². The molecule has 0 radical (unpaired) electrons. The average Bonchev–Trinajstić information content (AvgIpc) is 2.42. The van der Waals surface area contributed by atoms with Crippen molar-refractivity contribution in [2.45, 2.75) is 45.8 Å². The van der Waals surface area contributed by atoms with Crippen LogP contribution in [0.3, 0.4) is 0 Å². The lowest BCUT2D eigenvalue weighted by Gasteiger charge is -2.31. The van der Waals surface area contributed by atoms with Crippen LogP contribution in [-0.2, 0) is 11.3 Å². The Bertz CT molecular complexity index is 448. The lowest BCUT2D eigenvalue weighted by Crippen LogP contribution is -2.33. The molecule has 0 saturated carbocycles. The SMILES string of the molecule is CC(C)Oc1ccc(CN2CCC(CC(=O)O)CC2)cc1. The zero-order valence-corrected chi connectivity index (χ0v) is 12.9. The third-order valence-corrected chi connectivity index (χ3v) is 3.87. The standard InChI is InChI=1S/C17H25NO3/c1-13(2)21-16-5-3-15(4-6-16)12-18-9-7-14(8-10-18)11-17(19)20/h3-6,13-14H,7-12H2,1-2H3,(H,19,20). The Morgan fingerprint density at radius 3 is 2.43 bits per heavy atom. The number of carboxylic acid groups (broad SMARTS) is 1. The quantitative estimate of drug-likeness (QED) is 0.874. The van der Waals surface area contributed by atoms with Crippen molar-refractivity contribution in [2.75, 3.05) is 13.1 Å². The molecule has 1 saturated heterocycles. The number of carbonyl (C=O) groups is 1. The van der Waals surface area contributed by atoms with Crippen LogP contribution in [0.25, 0.3) is 0 Å². The number of hydrogen-bond donors (Lipinski definition) is 1. The van der Waals surface area contributed by atoms with Crippen molar-refractivity contribution in [2.24, 2.45) is 5.92 Å². The van der Waals surface area contributed by atoms with Gasteiger partial charge in [0.1, 0.15) is 5.75 Å². The highest BCUT2D eigenvalue weighted by Gasteiger charge is 2.21. The first-order valence-electron chi connectivity index (χ1n) is 7.72. The topological polar surface area (TPSA) is 49.8 Å². The molecule has 0 aliphatic carbocycles. The first-order chi connectivity index (χ1) is 10.0. The van der Waals surface area contributed by atoms with Crippen molar-refractivity contribution in [3.8, 4) is 5.75 Å². The van der Waals surface area contributed by atoms with Gasteiger partial charge in [-0.1, -0.05) is 12.1 Å². The highest BCUT2D eigenvalue weighted by Crippen LogP contribution is 2.22. The number of carboxylic acids is 1. The first-order valence-corrected chi connectivity index (χ1v) is 7.72. The summed E-state index contributed by atoms with van der Waals surface area (Å²) in [5.41, 5.74) is 1.28. The molecule has 4 nitrogen and oxygen atoms in total. The predicted octanol–water partition coefficient (Wildman–Crippen LogP) is 3.16. The molecule has 1 fully saturated rings. The van der Waals surface area contributed by atoms with Gasteiger partial charge in [0, 0.05) is 13.0 Å². The fourth-order valence-electron chi connectivity index (χ4n) is 2.80. The number of hydrogen-bond acceptors (Lipinski definition) is 3. The minimum atomic E-state index is -0.672. The van der Waals surface area contributed by atoms with Crippen molar-refractivity contribution in [3.63, 3.8) is 0 Å². The number of benzene rings is 1. The minimum Gasteiger partial charge on any atom is -0.491 e. The van der Waals surface area contributed by atoms with Crippen molar-refractivity contribution in [1.82, 2.24) is 4.90 Å². The van der Waals surface area contributed by atoms with E-state index in [0.29, 0.717) is 12.3 Å². The van der Waals surface area contributed by atoms with Crippen LogP contribution in [0.4, 0.5) is 0 Å². The van der Waals surface area contributed by atoms with E-state index in [2.05, 4.69) is 17.0 Å². The Balaban J connectivity index is 1.79. The highest BCUT2D eigenvalue weighted by atomic mass is 16.5. The van der Waals surface area contributed by atoms with E-state index in [-0.39, 0.29) is 6.10 Å². The Hall–Kier alpha value is -1.55. The monoisotopic (exact) mass is 291 g/mol. The van der Waals surface area contributed by atoms with Crippen molar-refractivity contribution >= 4 is 5.97 Å². The van der Waals surface area contributed by atoms with Gasteiger partial charge in [0.25, 0.3) is 0 Å².